The molecule has 1 aromatic carbocycles. The van der Waals surface area contributed by atoms with E-state index in [4.69, 9.17) is 0 Å². The first-order valence-corrected chi connectivity index (χ1v) is 13.5. The second-order valence-corrected chi connectivity index (χ2v) is 11.6. The number of fused-ring (bicyclic) bond motifs is 1. The number of nitrogens with zero attached hydrogens (tertiary/aromatic N) is 5. The molecule has 20 heteroatoms. The van der Waals surface area contributed by atoms with Crippen molar-refractivity contribution in [3.05, 3.63) is 22.7 Å². The molecular formula is C20H20F8N6O4S2. The number of anilines is 2. The number of halogens is 8. The number of ether oxygens (including phenoxy) is 1. The maximum absolute atomic E-state index is 13.1. The number of carbonyl (C=O) groups excluding carboxylic acids is 1. The predicted molar refractivity (Wildman–Crippen MR) is 126 cm³/mol. The highest BCUT2D eigenvalue weighted by Crippen LogP contribution is 2.41. The Labute approximate surface area is 225 Å². The van der Waals surface area contributed by atoms with Gasteiger partial charge in [-0.3, -0.25) is 4.72 Å². The Morgan fingerprint density at radius 2 is 1.80 bits per heavy atom. The van der Waals surface area contributed by atoms with Crippen molar-refractivity contribution < 1.29 is 53.1 Å². The molecule has 2 aromatic rings. The number of benzene rings is 1. The summed E-state index contributed by atoms with van der Waals surface area (Å²) < 4.78 is 130. The third-order valence-electron chi connectivity index (χ3n) is 5.36. The molecule has 1 aliphatic rings. The maximum Gasteiger partial charge on any atom is 0.516 e. The average Bonchev–Trinajstić information content (AvgIpc) is 3.27. The van der Waals surface area contributed by atoms with E-state index in [9.17, 15) is 48.3 Å². The van der Waals surface area contributed by atoms with Crippen molar-refractivity contribution in [2.45, 2.75) is 57.4 Å². The van der Waals surface area contributed by atoms with Gasteiger partial charge in [-0.25, -0.2) is 4.79 Å². The zero-order valence-corrected chi connectivity index (χ0v) is 22.3. The average molecular weight is 625 g/mol. The van der Waals surface area contributed by atoms with E-state index in [0.29, 0.717) is 30.6 Å². The van der Waals surface area contributed by atoms with Gasteiger partial charge in [-0.2, -0.15) is 43.5 Å². The number of esters is 1. The van der Waals surface area contributed by atoms with Crippen LogP contribution in [0.15, 0.2) is 22.4 Å². The first kappa shape index (κ1) is 31.4. The van der Waals surface area contributed by atoms with Gasteiger partial charge in [-0.05, 0) is 43.4 Å². The quantitative estimate of drug-likeness (QED) is 0.207. The van der Waals surface area contributed by atoms with Gasteiger partial charge in [0.15, 0.2) is 0 Å². The normalized spacial score (nSPS) is 16.9. The van der Waals surface area contributed by atoms with Crippen molar-refractivity contribution in [1.82, 2.24) is 10.2 Å². The Morgan fingerprint density at radius 1 is 1.15 bits per heavy atom. The van der Waals surface area contributed by atoms with Gasteiger partial charge in [0.1, 0.15) is 5.69 Å². The molecule has 222 valence electrons. The van der Waals surface area contributed by atoms with Crippen LogP contribution in [-0.2, 0) is 21.2 Å². The van der Waals surface area contributed by atoms with Crippen LogP contribution in [0.1, 0.15) is 42.6 Å². The summed E-state index contributed by atoms with van der Waals surface area (Å²) in [4.78, 5) is 13.6. The van der Waals surface area contributed by atoms with Gasteiger partial charge in [-0.15, -0.1) is 20.4 Å². The first-order chi connectivity index (χ1) is 18.2. The van der Waals surface area contributed by atoms with Crippen LogP contribution in [0.5, 0.6) is 0 Å². The van der Waals surface area contributed by atoms with E-state index < -0.39 is 55.3 Å². The SMILES string of the molecule is CC(C)CN1c2cc(NS(=O)(=O)C(F)(F)F)c(N=Nc3nnc(C(=O)OC(F)(F)C(F)(F)F)s3)cc2CCC1C. The molecule has 1 atom stereocenters. The molecule has 0 radical (unpaired) electrons. The molecule has 40 heavy (non-hydrogen) atoms. The van der Waals surface area contributed by atoms with Crippen LogP contribution < -0.4 is 9.62 Å². The van der Waals surface area contributed by atoms with E-state index >= 15 is 0 Å². The molecule has 0 spiro atoms. The zero-order chi connectivity index (χ0) is 30.3. The maximum atomic E-state index is 13.1. The van der Waals surface area contributed by atoms with Crippen LogP contribution >= 0.6 is 11.3 Å². The molecular weight excluding hydrogens is 604 g/mol. The molecule has 1 aliphatic heterocycles. The second kappa shape index (κ2) is 11.0. The van der Waals surface area contributed by atoms with Gasteiger partial charge in [0.25, 0.3) is 5.13 Å². The molecule has 0 bridgehead atoms. The lowest BCUT2D eigenvalue weighted by molar-refractivity contribution is -0.370. The number of sulfonamides is 1. The summed E-state index contributed by atoms with van der Waals surface area (Å²) in [7, 11) is -5.89. The molecule has 1 N–H and O–H groups in total. The number of nitrogens with one attached hydrogen (secondary N) is 1. The van der Waals surface area contributed by atoms with Crippen LogP contribution in [0.3, 0.4) is 0 Å². The summed E-state index contributed by atoms with van der Waals surface area (Å²) in [5.74, 6) is -2.02. The van der Waals surface area contributed by atoms with Crippen LogP contribution in [-0.4, -0.2) is 55.0 Å². The number of hydrogen-bond acceptors (Lipinski definition) is 10. The van der Waals surface area contributed by atoms with E-state index in [-0.39, 0.29) is 23.3 Å². The molecule has 10 nitrogen and oxygen atoms in total. The topological polar surface area (TPSA) is 126 Å². The minimum Gasteiger partial charge on any atom is -0.388 e. The lowest BCUT2D eigenvalue weighted by Gasteiger charge is -2.38. The molecule has 3 rings (SSSR count). The Hall–Kier alpha value is -3.16. The van der Waals surface area contributed by atoms with Crippen molar-refractivity contribution in [2.24, 2.45) is 16.1 Å². The van der Waals surface area contributed by atoms with Crippen LogP contribution in [0, 0.1) is 5.92 Å². The van der Waals surface area contributed by atoms with E-state index in [1.807, 2.05) is 25.7 Å². The van der Waals surface area contributed by atoms with E-state index in [2.05, 4.69) is 25.2 Å². The number of hydrogen-bond donors (Lipinski definition) is 1. The van der Waals surface area contributed by atoms with E-state index in [0.717, 1.165) is 0 Å². The summed E-state index contributed by atoms with van der Waals surface area (Å²) in [5, 5.41) is 12.0. The molecule has 0 saturated carbocycles. The fourth-order valence-corrected chi connectivity index (χ4v) is 4.65. The van der Waals surface area contributed by atoms with Crippen molar-refractivity contribution in [3.63, 3.8) is 0 Å². The first-order valence-electron chi connectivity index (χ1n) is 11.2. The lowest BCUT2D eigenvalue weighted by atomic mass is 9.94. The Kier molecular flexibility index (Phi) is 8.64. The number of carbonyl (C=O) groups is 1. The van der Waals surface area contributed by atoms with Gasteiger partial charge >= 0.3 is 33.8 Å². The minimum atomic E-state index is -6.19. The van der Waals surface area contributed by atoms with Crippen molar-refractivity contribution >= 4 is 49.5 Å². The second-order valence-electron chi connectivity index (χ2n) is 8.98. The lowest BCUT2D eigenvalue weighted by Crippen LogP contribution is -2.40. The fourth-order valence-electron chi connectivity index (χ4n) is 3.54. The summed E-state index contributed by atoms with van der Waals surface area (Å²) >= 11 is 0.0863. The molecule has 0 fully saturated rings. The number of rotatable bonds is 8. The van der Waals surface area contributed by atoms with Gasteiger partial charge in [0.05, 0.1) is 5.69 Å². The minimum absolute atomic E-state index is 0.0151. The van der Waals surface area contributed by atoms with Crippen molar-refractivity contribution in [3.8, 4) is 0 Å². The Balaban J connectivity index is 1.99. The van der Waals surface area contributed by atoms with E-state index in [1.165, 1.54) is 16.9 Å². The molecule has 0 aliphatic carbocycles. The molecule has 2 heterocycles. The van der Waals surface area contributed by atoms with Gasteiger partial charge < -0.3 is 9.64 Å². The number of azo groups is 1. The summed E-state index contributed by atoms with van der Waals surface area (Å²) in [6.07, 6.45) is -10.9. The highest BCUT2D eigenvalue weighted by atomic mass is 32.2. The predicted octanol–water partition coefficient (Wildman–Crippen LogP) is 6.32. The number of aromatic nitrogens is 2. The third-order valence-corrected chi connectivity index (χ3v) is 7.25. The van der Waals surface area contributed by atoms with Crippen LogP contribution in [0.25, 0.3) is 0 Å². The smallest absolute Gasteiger partial charge is 0.388 e. The van der Waals surface area contributed by atoms with Gasteiger partial charge in [-0.1, -0.05) is 25.2 Å². The van der Waals surface area contributed by atoms with E-state index in [1.54, 1.807) is 0 Å². The Bertz CT molecular complexity index is 1390. The standard InChI is InChI=1S/C20H20F8N6O4S2/c1-9(2)8-34-10(3)4-5-11-6-12(13(7-14(11)34)33-40(36,37)20(26,27)28)29-31-17-32-30-15(39-17)16(35)38-19(24,25)18(21,22)23/h6-7,9-10,33H,4-5,8H2,1-3H3. The van der Waals surface area contributed by atoms with Gasteiger partial charge in [0, 0.05) is 18.3 Å². The number of aryl methyl sites for hydroxylation is 1. The molecule has 1 unspecified atom stereocenters. The summed E-state index contributed by atoms with van der Waals surface area (Å²) in [6, 6.07) is 2.46. The molecule has 0 saturated heterocycles. The number of alkyl halides is 8. The Morgan fingerprint density at radius 3 is 2.38 bits per heavy atom. The largest absolute Gasteiger partial charge is 0.516 e. The van der Waals surface area contributed by atoms with Crippen LogP contribution in [0.4, 0.5) is 57.3 Å². The third kappa shape index (κ3) is 6.94. The van der Waals surface area contributed by atoms with Crippen molar-refractivity contribution in [1.29, 1.82) is 0 Å². The summed E-state index contributed by atoms with van der Waals surface area (Å²) in [5.41, 5.74) is -5.59. The van der Waals surface area contributed by atoms with Crippen molar-refractivity contribution in [2.75, 3.05) is 16.2 Å². The van der Waals surface area contributed by atoms with Gasteiger partial charge in [0.2, 0.25) is 5.01 Å². The monoisotopic (exact) mass is 624 g/mol. The van der Waals surface area contributed by atoms with Crippen LogP contribution in [0.2, 0.25) is 0 Å². The summed E-state index contributed by atoms with van der Waals surface area (Å²) in [6.45, 7) is 6.26. The molecule has 0 amide bonds. The molecule has 1 aromatic heterocycles. The highest BCUT2D eigenvalue weighted by molar-refractivity contribution is 7.93. The highest BCUT2D eigenvalue weighted by Gasteiger charge is 2.62. The fraction of sp³-hybridized carbons (Fsp3) is 0.550. The zero-order valence-electron chi connectivity index (χ0n) is 20.6.